The summed E-state index contributed by atoms with van der Waals surface area (Å²) < 4.78 is 23.8. The largest absolute Gasteiger partial charge is 0.352 e. The second-order valence-corrected chi connectivity index (χ2v) is 7.14. The van der Waals surface area contributed by atoms with Crippen LogP contribution < -0.4 is 4.90 Å². The SMILES string of the molecule is CC1CS(=O)(=O)CCN1c1ccc(Br)cn1. The zero-order chi connectivity index (χ0) is 11.8. The van der Waals surface area contributed by atoms with Crippen molar-refractivity contribution in [3.8, 4) is 0 Å². The second kappa shape index (κ2) is 4.33. The van der Waals surface area contributed by atoms with E-state index in [1.807, 2.05) is 24.0 Å². The first-order valence-electron chi connectivity index (χ1n) is 5.06. The molecule has 0 radical (unpaired) electrons. The Balaban J connectivity index is 2.20. The Labute approximate surface area is 104 Å². The van der Waals surface area contributed by atoms with Gasteiger partial charge in [-0.05, 0) is 35.0 Å². The van der Waals surface area contributed by atoms with E-state index in [2.05, 4.69) is 20.9 Å². The van der Waals surface area contributed by atoms with Gasteiger partial charge in [-0.15, -0.1) is 0 Å². The molecule has 4 nitrogen and oxygen atoms in total. The predicted molar refractivity (Wildman–Crippen MR) is 67.4 cm³/mol. The minimum Gasteiger partial charge on any atom is -0.352 e. The summed E-state index contributed by atoms with van der Waals surface area (Å²) in [5.41, 5.74) is 0. The Kier molecular flexibility index (Phi) is 3.21. The molecule has 1 aromatic rings. The second-order valence-electron chi connectivity index (χ2n) is 3.99. The average Bonchev–Trinajstić information content (AvgIpc) is 2.19. The van der Waals surface area contributed by atoms with E-state index in [-0.39, 0.29) is 17.5 Å². The van der Waals surface area contributed by atoms with Crippen molar-refractivity contribution in [3.05, 3.63) is 22.8 Å². The van der Waals surface area contributed by atoms with Crippen LogP contribution in [0.2, 0.25) is 0 Å². The first-order valence-corrected chi connectivity index (χ1v) is 7.68. The van der Waals surface area contributed by atoms with Gasteiger partial charge in [0.05, 0.1) is 11.5 Å². The van der Waals surface area contributed by atoms with Gasteiger partial charge < -0.3 is 4.90 Å². The number of anilines is 1. The number of aromatic nitrogens is 1. The summed E-state index contributed by atoms with van der Waals surface area (Å²) >= 11 is 3.33. The molecule has 6 heteroatoms. The van der Waals surface area contributed by atoms with Crippen LogP contribution in [0.15, 0.2) is 22.8 Å². The van der Waals surface area contributed by atoms with Gasteiger partial charge in [-0.25, -0.2) is 13.4 Å². The first kappa shape index (κ1) is 11.9. The predicted octanol–water partition coefficient (Wildman–Crippen LogP) is 1.47. The summed E-state index contributed by atoms with van der Waals surface area (Å²) in [6, 6.07) is 3.81. The van der Waals surface area contributed by atoms with Crippen molar-refractivity contribution in [2.24, 2.45) is 0 Å². The van der Waals surface area contributed by atoms with Crippen molar-refractivity contribution in [2.45, 2.75) is 13.0 Å². The van der Waals surface area contributed by atoms with Crippen LogP contribution in [-0.2, 0) is 9.84 Å². The molecule has 16 heavy (non-hydrogen) atoms. The highest BCUT2D eigenvalue weighted by Gasteiger charge is 2.28. The van der Waals surface area contributed by atoms with Crippen LogP contribution in [0, 0.1) is 0 Å². The Morgan fingerprint density at radius 1 is 1.50 bits per heavy atom. The molecule has 1 atom stereocenters. The van der Waals surface area contributed by atoms with Crippen LogP contribution in [0.3, 0.4) is 0 Å². The van der Waals surface area contributed by atoms with E-state index < -0.39 is 9.84 Å². The third-order valence-corrected chi connectivity index (χ3v) is 4.94. The molecular formula is C10H13BrN2O2S. The fourth-order valence-electron chi connectivity index (χ4n) is 1.88. The van der Waals surface area contributed by atoms with Crippen LogP contribution in [0.1, 0.15) is 6.92 Å². The lowest BCUT2D eigenvalue weighted by atomic mass is 10.3. The Morgan fingerprint density at radius 2 is 2.25 bits per heavy atom. The van der Waals surface area contributed by atoms with Gasteiger partial charge in [0, 0.05) is 23.3 Å². The molecule has 0 spiro atoms. The highest BCUT2D eigenvalue weighted by atomic mass is 79.9. The fraction of sp³-hybridized carbons (Fsp3) is 0.500. The van der Waals surface area contributed by atoms with Crippen molar-refractivity contribution in [2.75, 3.05) is 23.0 Å². The molecular weight excluding hydrogens is 292 g/mol. The molecule has 2 rings (SSSR count). The van der Waals surface area contributed by atoms with Crippen molar-refractivity contribution < 1.29 is 8.42 Å². The van der Waals surface area contributed by atoms with Gasteiger partial charge in [-0.2, -0.15) is 0 Å². The van der Waals surface area contributed by atoms with Crippen molar-refractivity contribution in [1.82, 2.24) is 4.98 Å². The Morgan fingerprint density at radius 3 is 2.81 bits per heavy atom. The molecule has 1 fully saturated rings. The average molecular weight is 305 g/mol. The summed E-state index contributed by atoms with van der Waals surface area (Å²) in [5.74, 6) is 1.27. The van der Waals surface area contributed by atoms with Gasteiger partial charge in [0.25, 0.3) is 0 Å². The number of nitrogens with zero attached hydrogens (tertiary/aromatic N) is 2. The highest BCUT2D eigenvalue weighted by molar-refractivity contribution is 9.10. The summed E-state index contributed by atoms with van der Waals surface area (Å²) in [4.78, 5) is 6.32. The molecule has 1 aromatic heterocycles. The number of hydrogen-bond acceptors (Lipinski definition) is 4. The number of halogens is 1. The number of hydrogen-bond donors (Lipinski definition) is 0. The van der Waals surface area contributed by atoms with Crippen LogP contribution in [0.25, 0.3) is 0 Å². The third-order valence-electron chi connectivity index (χ3n) is 2.68. The Bertz CT molecular complexity index is 472. The zero-order valence-electron chi connectivity index (χ0n) is 8.93. The monoisotopic (exact) mass is 304 g/mol. The lowest BCUT2D eigenvalue weighted by molar-refractivity contribution is 0.567. The smallest absolute Gasteiger partial charge is 0.154 e. The van der Waals surface area contributed by atoms with Gasteiger partial charge >= 0.3 is 0 Å². The zero-order valence-corrected chi connectivity index (χ0v) is 11.3. The van der Waals surface area contributed by atoms with Gasteiger partial charge in [-0.3, -0.25) is 0 Å². The summed E-state index contributed by atoms with van der Waals surface area (Å²) in [6.07, 6.45) is 1.73. The normalized spacial score (nSPS) is 24.4. The van der Waals surface area contributed by atoms with Crippen molar-refractivity contribution in [1.29, 1.82) is 0 Å². The number of rotatable bonds is 1. The maximum atomic E-state index is 11.4. The van der Waals surface area contributed by atoms with Gasteiger partial charge in [-0.1, -0.05) is 0 Å². The lowest BCUT2D eigenvalue weighted by Gasteiger charge is -2.34. The maximum Gasteiger partial charge on any atom is 0.154 e. The molecule has 0 aromatic carbocycles. The molecule has 0 bridgehead atoms. The number of pyridine rings is 1. The van der Waals surface area contributed by atoms with Crippen molar-refractivity contribution >= 4 is 31.6 Å². The van der Waals surface area contributed by atoms with E-state index in [4.69, 9.17) is 0 Å². The summed E-state index contributed by atoms with van der Waals surface area (Å²) in [7, 11) is -2.86. The first-order chi connectivity index (χ1) is 7.48. The van der Waals surface area contributed by atoms with Crippen LogP contribution in [0.4, 0.5) is 5.82 Å². The van der Waals surface area contributed by atoms with Gasteiger partial charge in [0.1, 0.15) is 5.82 Å². The van der Waals surface area contributed by atoms with E-state index in [1.165, 1.54) is 0 Å². The van der Waals surface area contributed by atoms with Gasteiger partial charge in [0.15, 0.2) is 9.84 Å². The summed E-state index contributed by atoms with van der Waals surface area (Å²) in [6.45, 7) is 2.44. The molecule has 0 saturated carbocycles. The Hall–Kier alpha value is -0.620. The van der Waals surface area contributed by atoms with E-state index >= 15 is 0 Å². The number of sulfone groups is 1. The molecule has 1 aliphatic rings. The molecule has 1 aliphatic heterocycles. The minimum atomic E-state index is -2.86. The van der Waals surface area contributed by atoms with E-state index in [9.17, 15) is 8.42 Å². The van der Waals surface area contributed by atoms with Crippen LogP contribution in [-0.4, -0.2) is 37.5 Å². The van der Waals surface area contributed by atoms with Crippen molar-refractivity contribution in [3.63, 3.8) is 0 Å². The summed E-state index contributed by atoms with van der Waals surface area (Å²) in [5, 5.41) is 0. The highest BCUT2D eigenvalue weighted by Crippen LogP contribution is 2.20. The van der Waals surface area contributed by atoms with E-state index in [1.54, 1.807) is 6.20 Å². The van der Waals surface area contributed by atoms with Crippen LogP contribution >= 0.6 is 15.9 Å². The fourth-order valence-corrected chi connectivity index (χ4v) is 3.67. The quantitative estimate of drug-likeness (QED) is 0.788. The molecule has 2 heterocycles. The molecule has 88 valence electrons. The minimum absolute atomic E-state index is 0.00701. The topological polar surface area (TPSA) is 50.3 Å². The molecule has 1 saturated heterocycles. The maximum absolute atomic E-state index is 11.4. The molecule has 0 N–H and O–H groups in total. The third kappa shape index (κ3) is 2.55. The van der Waals surface area contributed by atoms with E-state index in [0.717, 1.165) is 10.3 Å². The molecule has 0 amide bonds. The standard InChI is InChI=1S/C10H13BrN2O2S/c1-8-7-16(14,15)5-4-13(8)10-3-2-9(11)6-12-10/h2-3,6,8H,4-5,7H2,1H3. The lowest BCUT2D eigenvalue weighted by Crippen LogP contribution is -2.47. The molecule has 1 unspecified atom stereocenters. The van der Waals surface area contributed by atoms with E-state index in [0.29, 0.717) is 6.54 Å². The van der Waals surface area contributed by atoms with Crippen LogP contribution in [0.5, 0.6) is 0 Å². The molecule has 0 aliphatic carbocycles. The van der Waals surface area contributed by atoms with Gasteiger partial charge in [0.2, 0.25) is 0 Å².